The molecule has 0 radical (unpaired) electrons. The van der Waals surface area contributed by atoms with Gasteiger partial charge in [-0.25, -0.2) is 0 Å². The van der Waals surface area contributed by atoms with Gasteiger partial charge < -0.3 is 9.88 Å². The second-order valence-electron chi connectivity index (χ2n) is 3.89. The van der Waals surface area contributed by atoms with Gasteiger partial charge >= 0.3 is 0 Å². The number of aromatic nitrogens is 2. The number of hydrogen-bond acceptors (Lipinski definition) is 2. The third kappa shape index (κ3) is 1.67. The minimum atomic E-state index is -0.0246. The molecule has 0 aliphatic carbocycles. The minimum absolute atomic E-state index is 0.0246. The molecule has 0 saturated heterocycles. The normalized spacial score (nSPS) is 14.3. The van der Waals surface area contributed by atoms with Crippen LogP contribution in [0.4, 0.5) is 0 Å². The van der Waals surface area contributed by atoms with Crippen LogP contribution in [0.3, 0.4) is 0 Å². The number of halogens is 1. The molecule has 2 aromatic rings. The number of amides is 1. The summed E-state index contributed by atoms with van der Waals surface area (Å²) in [5.74, 6) is -0.0246. The zero-order valence-corrected chi connectivity index (χ0v) is 10.6. The largest absolute Gasteiger partial charge is 0.349 e. The molecule has 0 bridgehead atoms. The number of carbonyl (C=O) groups excluding carboxylic acids is 1. The smallest absolute Gasteiger partial charge is 0.269 e. The SMILES string of the molecule is O=C1NCCn2cc(-c3ccncc3)c(Br)c21. The molecule has 1 aliphatic heterocycles. The maximum atomic E-state index is 11.8. The summed E-state index contributed by atoms with van der Waals surface area (Å²) < 4.78 is 2.83. The van der Waals surface area contributed by atoms with Crippen LogP contribution in [-0.4, -0.2) is 22.0 Å². The highest BCUT2D eigenvalue weighted by Crippen LogP contribution is 2.33. The van der Waals surface area contributed by atoms with Crippen LogP contribution in [0, 0.1) is 0 Å². The van der Waals surface area contributed by atoms with Gasteiger partial charge in [0.25, 0.3) is 5.91 Å². The van der Waals surface area contributed by atoms with E-state index in [1.54, 1.807) is 12.4 Å². The summed E-state index contributed by atoms with van der Waals surface area (Å²) >= 11 is 3.51. The summed E-state index contributed by atoms with van der Waals surface area (Å²) in [6.45, 7) is 1.49. The van der Waals surface area contributed by atoms with E-state index in [1.807, 2.05) is 22.9 Å². The Labute approximate surface area is 107 Å². The average molecular weight is 292 g/mol. The van der Waals surface area contributed by atoms with Crippen LogP contribution in [0.25, 0.3) is 11.1 Å². The van der Waals surface area contributed by atoms with Gasteiger partial charge in [-0.1, -0.05) is 0 Å². The van der Waals surface area contributed by atoms with Gasteiger partial charge in [-0.2, -0.15) is 0 Å². The second-order valence-corrected chi connectivity index (χ2v) is 4.68. The lowest BCUT2D eigenvalue weighted by atomic mass is 10.1. The number of nitrogens with zero attached hydrogens (tertiary/aromatic N) is 2. The van der Waals surface area contributed by atoms with Crippen molar-refractivity contribution in [2.45, 2.75) is 6.54 Å². The monoisotopic (exact) mass is 291 g/mol. The van der Waals surface area contributed by atoms with E-state index < -0.39 is 0 Å². The number of fused-ring (bicyclic) bond motifs is 1. The Morgan fingerprint density at radius 2 is 2.12 bits per heavy atom. The lowest BCUT2D eigenvalue weighted by Gasteiger charge is -2.15. The van der Waals surface area contributed by atoms with Crippen LogP contribution in [0.15, 0.2) is 35.2 Å². The first-order chi connectivity index (χ1) is 8.27. The van der Waals surface area contributed by atoms with Crippen molar-refractivity contribution < 1.29 is 4.79 Å². The number of pyridine rings is 1. The number of rotatable bonds is 1. The molecule has 17 heavy (non-hydrogen) atoms. The average Bonchev–Trinajstić information content (AvgIpc) is 2.69. The topological polar surface area (TPSA) is 46.9 Å². The van der Waals surface area contributed by atoms with Gasteiger partial charge in [-0.05, 0) is 33.6 Å². The third-order valence-corrected chi connectivity index (χ3v) is 3.66. The summed E-state index contributed by atoms with van der Waals surface area (Å²) in [5, 5.41) is 2.84. The van der Waals surface area contributed by atoms with E-state index in [9.17, 15) is 4.79 Å². The standard InChI is InChI=1S/C12H10BrN3O/c13-10-9(8-1-3-14-4-2-8)7-16-6-5-15-12(17)11(10)16/h1-4,7H,5-6H2,(H,15,17). The molecule has 4 nitrogen and oxygen atoms in total. The maximum Gasteiger partial charge on any atom is 0.269 e. The Hall–Kier alpha value is -1.62. The van der Waals surface area contributed by atoms with Gasteiger partial charge in [0.1, 0.15) is 5.69 Å². The predicted octanol–water partition coefficient (Wildman–Crippen LogP) is 2.06. The first kappa shape index (κ1) is 10.5. The van der Waals surface area contributed by atoms with E-state index in [2.05, 4.69) is 26.2 Å². The number of carbonyl (C=O) groups is 1. The Morgan fingerprint density at radius 3 is 2.82 bits per heavy atom. The van der Waals surface area contributed by atoms with E-state index in [0.29, 0.717) is 12.2 Å². The van der Waals surface area contributed by atoms with Crippen molar-refractivity contribution in [2.24, 2.45) is 0 Å². The highest BCUT2D eigenvalue weighted by Gasteiger charge is 2.23. The highest BCUT2D eigenvalue weighted by atomic mass is 79.9. The van der Waals surface area contributed by atoms with E-state index in [-0.39, 0.29) is 5.91 Å². The van der Waals surface area contributed by atoms with Crippen molar-refractivity contribution in [2.75, 3.05) is 6.54 Å². The molecule has 1 aliphatic rings. The first-order valence-corrected chi connectivity index (χ1v) is 6.14. The Bertz CT molecular complexity index is 577. The lowest BCUT2D eigenvalue weighted by Crippen LogP contribution is -2.34. The van der Waals surface area contributed by atoms with Gasteiger partial charge in [0, 0.05) is 37.2 Å². The summed E-state index contributed by atoms with van der Waals surface area (Å²) in [4.78, 5) is 15.8. The molecule has 0 saturated carbocycles. The van der Waals surface area contributed by atoms with Crippen LogP contribution >= 0.6 is 15.9 Å². The van der Waals surface area contributed by atoms with Gasteiger partial charge in [-0.3, -0.25) is 9.78 Å². The van der Waals surface area contributed by atoms with E-state index >= 15 is 0 Å². The third-order valence-electron chi connectivity index (χ3n) is 2.86. The maximum absolute atomic E-state index is 11.8. The predicted molar refractivity (Wildman–Crippen MR) is 67.7 cm³/mol. The van der Waals surface area contributed by atoms with Crippen LogP contribution in [0.2, 0.25) is 0 Å². The molecule has 86 valence electrons. The Kier molecular flexibility index (Phi) is 2.48. The zero-order chi connectivity index (χ0) is 11.8. The molecule has 0 fully saturated rings. The van der Waals surface area contributed by atoms with Crippen LogP contribution < -0.4 is 5.32 Å². The van der Waals surface area contributed by atoms with Crippen molar-refractivity contribution in [3.63, 3.8) is 0 Å². The number of hydrogen-bond donors (Lipinski definition) is 1. The van der Waals surface area contributed by atoms with Gasteiger partial charge in [0.05, 0.1) is 4.47 Å². The highest BCUT2D eigenvalue weighted by molar-refractivity contribution is 9.10. The van der Waals surface area contributed by atoms with Crippen molar-refractivity contribution in [3.05, 3.63) is 40.9 Å². The molecule has 0 unspecified atom stereocenters. The molecule has 0 aromatic carbocycles. The summed E-state index contributed by atoms with van der Waals surface area (Å²) in [6.07, 6.45) is 5.50. The molecule has 3 heterocycles. The molecule has 3 rings (SSSR count). The molecule has 0 atom stereocenters. The van der Waals surface area contributed by atoms with Crippen LogP contribution in [-0.2, 0) is 6.54 Å². The second kappa shape index (κ2) is 4.00. The van der Waals surface area contributed by atoms with Gasteiger partial charge in [0.15, 0.2) is 0 Å². The van der Waals surface area contributed by atoms with Crippen molar-refractivity contribution in [1.29, 1.82) is 0 Å². The van der Waals surface area contributed by atoms with E-state index in [4.69, 9.17) is 0 Å². The van der Waals surface area contributed by atoms with Crippen molar-refractivity contribution in [1.82, 2.24) is 14.9 Å². The van der Waals surface area contributed by atoms with Crippen LogP contribution in [0.5, 0.6) is 0 Å². The fraction of sp³-hybridized carbons (Fsp3) is 0.167. The van der Waals surface area contributed by atoms with E-state index in [0.717, 1.165) is 22.1 Å². The molecule has 1 N–H and O–H groups in total. The Morgan fingerprint density at radius 1 is 1.35 bits per heavy atom. The molecule has 1 amide bonds. The fourth-order valence-corrected chi connectivity index (χ4v) is 2.78. The fourth-order valence-electron chi connectivity index (χ4n) is 2.04. The van der Waals surface area contributed by atoms with Crippen molar-refractivity contribution in [3.8, 4) is 11.1 Å². The molecule has 2 aromatic heterocycles. The lowest BCUT2D eigenvalue weighted by molar-refractivity contribution is 0.0927. The first-order valence-electron chi connectivity index (χ1n) is 5.34. The quantitative estimate of drug-likeness (QED) is 0.874. The summed E-state index contributed by atoms with van der Waals surface area (Å²) in [7, 11) is 0. The van der Waals surface area contributed by atoms with Crippen LogP contribution in [0.1, 0.15) is 10.5 Å². The Balaban J connectivity index is 2.17. The van der Waals surface area contributed by atoms with Gasteiger partial charge in [0.2, 0.25) is 0 Å². The summed E-state index contributed by atoms with van der Waals surface area (Å²) in [5.41, 5.74) is 2.78. The van der Waals surface area contributed by atoms with Gasteiger partial charge in [-0.15, -0.1) is 0 Å². The molecular weight excluding hydrogens is 282 g/mol. The zero-order valence-electron chi connectivity index (χ0n) is 8.98. The number of nitrogens with one attached hydrogen (secondary N) is 1. The molecule has 0 spiro atoms. The minimum Gasteiger partial charge on any atom is -0.349 e. The van der Waals surface area contributed by atoms with E-state index in [1.165, 1.54) is 0 Å². The molecular formula is C12H10BrN3O. The summed E-state index contributed by atoms with van der Waals surface area (Å²) in [6, 6.07) is 3.87. The molecule has 5 heteroatoms. The van der Waals surface area contributed by atoms with Crippen molar-refractivity contribution >= 4 is 21.8 Å².